The number of ether oxygens (including phenoxy) is 1. The second-order valence-electron chi connectivity index (χ2n) is 4.94. The highest BCUT2D eigenvalue weighted by atomic mass is 32.2. The van der Waals surface area contributed by atoms with Crippen molar-refractivity contribution in [3.63, 3.8) is 0 Å². The Morgan fingerprint density at radius 2 is 2.16 bits per heavy atom. The number of carbonyl (C=O) groups excluding carboxylic acids is 1. The van der Waals surface area contributed by atoms with E-state index in [0.29, 0.717) is 24.4 Å². The molecule has 2 fully saturated rings. The molecule has 2 aliphatic heterocycles. The van der Waals surface area contributed by atoms with Crippen LogP contribution in [0.2, 0.25) is 0 Å². The molecule has 2 heterocycles. The molecule has 110 valence electrons. The van der Waals surface area contributed by atoms with Crippen LogP contribution in [-0.4, -0.2) is 60.8 Å². The molecule has 0 aliphatic carbocycles. The van der Waals surface area contributed by atoms with Gasteiger partial charge in [-0.1, -0.05) is 0 Å². The zero-order valence-electron chi connectivity index (χ0n) is 11.4. The van der Waals surface area contributed by atoms with Crippen LogP contribution < -0.4 is 10.6 Å². The van der Waals surface area contributed by atoms with Gasteiger partial charge in [0.15, 0.2) is 0 Å². The SMILES string of the molecule is O=C(CCOC1CCNCC1)NCC1CSCCS1. The predicted octanol–water partition coefficient (Wildman–Crippen LogP) is 1.11. The van der Waals surface area contributed by atoms with E-state index in [1.54, 1.807) is 0 Å². The van der Waals surface area contributed by atoms with Gasteiger partial charge in [-0.25, -0.2) is 0 Å². The van der Waals surface area contributed by atoms with Gasteiger partial charge < -0.3 is 15.4 Å². The molecule has 1 atom stereocenters. The van der Waals surface area contributed by atoms with E-state index in [1.807, 2.05) is 23.5 Å². The Balaban J connectivity index is 1.49. The van der Waals surface area contributed by atoms with E-state index in [0.717, 1.165) is 38.2 Å². The van der Waals surface area contributed by atoms with Crippen LogP contribution in [0.15, 0.2) is 0 Å². The van der Waals surface area contributed by atoms with Gasteiger partial charge in [0.2, 0.25) is 5.91 Å². The third-order valence-electron chi connectivity index (χ3n) is 3.38. The van der Waals surface area contributed by atoms with Crippen LogP contribution in [0, 0.1) is 0 Å². The van der Waals surface area contributed by atoms with Gasteiger partial charge in [-0.05, 0) is 25.9 Å². The normalized spacial score (nSPS) is 25.2. The Bertz CT molecular complexity index is 267. The van der Waals surface area contributed by atoms with Gasteiger partial charge >= 0.3 is 0 Å². The van der Waals surface area contributed by atoms with Crippen molar-refractivity contribution in [1.29, 1.82) is 0 Å². The highest BCUT2D eigenvalue weighted by Gasteiger charge is 2.16. The summed E-state index contributed by atoms with van der Waals surface area (Å²) in [6.07, 6.45) is 2.98. The van der Waals surface area contributed by atoms with Crippen molar-refractivity contribution in [2.24, 2.45) is 0 Å². The molecule has 2 saturated heterocycles. The molecule has 6 heteroatoms. The van der Waals surface area contributed by atoms with Crippen molar-refractivity contribution < 1.29 is 9.53 Å². The first-order valence-electron chi connectivity index (χ1n) is 7.13. The zero-order valence-corrected chi connectivity index (χ0v) is 13.0. The molecule has 0 radical (unpaired) electrons. The summed E-state index contributed by atoms with van der Waals surface area (Å²) in [4.78, 5) is 11.7. The van der Waals surface area contributed by atoms with Gasteiger partial charge in [0.05, 0.1) is 12.7 Å². The highest BCUT2D eigenvalue weighted by molar-refractivity contribution is 8.06. The van der Waals surface area contributed by atoms with Crippen molar-refractivity contribution in [2.45, 2.75) is 30.6 Å². The Morgan fingerprint density at radius 3 is 2.89 bits per heavy atom. The standard InChI is InChI=1S/C13H24N2O2S2/c16-13(15-9-12-10-18-7-8-19-12)3-6-17-11-1-4-14-5-2-11/h11-12,14H,1-10H2,(H,15,16). The van der Waals surface area contributed by atoms with E-state index < -0.39 is 0 Å². The second-order valence-corrected chi connectivity index (χ2v) is 7.50. The number of piperidine rings is 1. The van der Waals surface area contributed by atoms with Crippen molar-refractivity contribution in [2.75, 3.05) is 43.5 Å². The summed E-state index contributed by atoms with van der Waals surface area (Å²) >= 11 is 3.97. The van der Waals surface area contributed by atoms with E-state index in [2.05, 4.69) is 10.6 Å². The summed E-state index contributed by atoms with van der Waals surface area (Å²) in [5.74, 6) is 3.75. The fourth-order valence-electron chi connectivity index (χ4n) is 2.25. The largest absolute Gasteiger partial charge is 0.378 e. The lowest BCUT2D eigenvalue weighted by atomic mass is 10.1. The van der Waals surface area contributed by atoms with Gasteiger partial charge in [0.1, 0.15) is 0 Å². The minimum atomic E-state index is 0.130. The van der Waals surface area contributed by atoms with E-state index in [9.17, 15) is 4.79 Å². The smallest absolute Gasteiger partial charge is 0.222 e. The van der Waals surface area contributed by atoms with Crippen LogP contribution in [0.1, 0.15) is 19.3 Å². The Morgan fingerprint density at radius 1 is 1.32 bits per heavy atom. The lowest BCUT2D eigenvalue weighted by Gasteiger charge is -2.23. The molecule has 0 aromatic rings. The quantitative estimate of drug-likeness (QED) is 0.770. The van der Waals surface area contributed by atoms with Gasteiger partial charge in [0, 0.05) is 35.5 Å². The molecule has 0 saturated carbocycles. The first-order chi connectivity index (χ1) is 9.34. The average Bonchev–Trinajstić information content (AvgIpc) is 2.47. The van der Waals surface area contributed by atoms with Crippen molar-refractivity contribution in [1.82, 2.24) is 10.6 Å². The molecule has 2 N–H and O–H groups in total. The fourth-order valence-corrected chi connectivity index (χ4v) is 4.86. The van der Waals surface area contributed by atoms with Gasteiger partial charge in [0.25, 0.3) is 0 Å². The molecule has 0 spiro atoms. The maximum atomic E-state index is 11.7. The van der Waals surface area contributed by atoms with E-state index in [1.165, 1.54) is 11.5 Å². The Labute approximate surface area is 124 Å². The first kappa shape index (κ1) is 15.5. The topological polar surface area (TPSA) is 50.4 Å². The summed E-state index contributed by atoms with van der Waals surface area (Å²) in [5, 5.41) is 6.92. The van der Waals surface area contributed by atoms with Gasteiger partial charge in [-0.2, -0.15) is 23.5 Å². The predicted molar refractivity (Wildman–Crippen MR) is 83.0 cm³/mol. The molecule has 1 amide bonds. The Hall–Kier alpha value is 0.0900. The maximum absolute atomic E-state index is 11.7. The van der Waals surface area contributed by atoms with Gasteiger partial charge in [-0.15, -0.1) is 0 Å². The number of amides is 1. The molecular formula is C13H24N2O2S2. The third-order valence-corrected chi connectivity index (χ3v) is 6.23. The molecule has 0 aromatic carbocycles. The first-order valence-corrected chi connectivity index (χ1v) is 9.33. The number of nitrogens with one attached hydrogen (secondary N) is 2. The van der Waals surface area contributed by atoms with Crippen LogP contribution in [0.4, 0.5) is 0 Å². The number of hydrogen-bond donors (Lipinski definition) is 2. The minimum absolute atomic E-state index is 0.130. The van der Waals surface area contributed by atoms with Gasteiger partial charge in [-0.3, -0.25) is 4.79 Å². The fraction of sp³-hybridized carbons (Fsp3) is 0.923. The molecule has 0 bridgehead atoms. The van der Waals surface area contributed by atoms with E-state index >= 15 is 0 Å². The van der Waals surface area contributed by atoms with E-state index in [-0.39, 0.29) is 5.91 Å². The lowest BCUT2D eigenvalue weighted by Crippen LogP contribution is -2.35. The number of rotatable bonds is 6. The second kappa shape index (κ2) is 9.10. The molecular weight excluding hydrogens is 280 g/mol. The summed E-state index contributed by atoms with van der Waals surface area (Å²) in [6, 6.07) is 0. The number of carbonyl (C=O) groups is 1. The summed E-state index contributed by atoms with van der Waals surface area (Å²) in [7, 11) is 0. The minimum Gasteiger partial charge on any atom is -0.378 e. The van der Waals surface area contributed by atoms with Crippen LogP contribution in [0.25, 0.3) is 0 Å². The molecule has 0 aromatic heterocycles. The van der Waals surface area contributed by atoms with Crippen molar-refractivity contribution >= 4 is 29.4 Å². The summed E-state index contributed by atoms with van der Waals surface area (Å²) in [6.45, 7) is 3.44. The van der Waals surface area contributed by atoms with Crippen molar-refractivity contribution in [3.05, 3.63) is 0 Å². The summed E-state index contributed by atoms with van der Waals surface area (Å²) < 4.78 is 5.74. The highest BCUT2D eigenvalue weighted by Crippen LogP contribution is 2.23. The summed E-state index contributed by atoms with van der Waals surface area (Å²) in [5.41, 5.74) is 0. The molecule has 2 rings (SSSR count). The number of thioether (sulfide) groups is 2. The van der Waals surface area contributed by atoms with Crippen molar-refractivity contribution in [3.8, 4) is 0 Å². The maximum Gasteiger partial charge on any atom is 0.222 e. The zero-order chi connectivity index (χ0) is 13.3. The number of hydrogen-bond acceptors (Lipinski definition) is 5. The molecule has 4 nitrogen and oxygen atoms in total. The van der Waals surface area contributed by atoms with E-state index in [4.69, 9.17) is 4.74 Å². The van der Waals surface area contributed by atoms with Crippen LogP contribution >= 0.6 is 23.5 Å². The Kier molecular flexibility index (Phi) is 7.42. The molecule has 2 aliphatic rings. The average molecular weight is 304 g/mol. The monoisotopic (exact) mass is 304 g/mol. The molecule has 19 heavy (non-hydrogen) atoms. The van der Waals surface area contributed by atoms with Crippen LogP contribution in [0.5, 0.6) is 0 Å². The lowest BCUT2D eigenvalue weighted by molar-refractivity contribution is -0.122. The van der Waals surface area contributed by atoms with Crippen LogP contribution in [0.3, 0.4) is 0 Å². The third kappa shape index (κ3) is 6.38. The molecule has 1 unspecified atom stereocenters. The van der Waals surface area contributed by atoms with Crippen LogP contribution in [-0.2, 0) is 9.53 Å².